The highest BCUT2D eigenvalue weighted by molar-refractivity contribution is 5.96. The number of carbonyl (C=O) groups is 3. The van der Waals surface area contributed by atoms with Crippen LogP contribution in [-0.2, 0) is 55.2 Å². The Bertz CT molecular complexity index is 2050. The average Bonchev–Trinajstić information content (AvgIpc) is 3.86. The Morgan fingerprint density at radius 1 is 0.935 bits per heavy atom. The second-order valence-corrected chi connectivity index (χ2v) is 16.1. The molecule has 3 aromatic rings. The molecule has 8 N–H and O–H groups in total. The lowest BCUT2D eigenvalue weighted by atomic mass is 9.62. The zero-order valence-electron chi connectivity index (χ0n) is 33.7. The molecule has 62 heavy (non-hydrogen) atoms. The van der Waals surface area contributed by atoms with E-state index in [0.717, 1.165) is 0 Å². The predicted octanol–water partition coefficient (Wildman–Crippen LogP) is -1.02. The van der Waals surface area contributed by atoms with Gasteiger partial charge in [0.25, 0.3) is 0 Å². The van der Waals surface area contributed by atoms with Crippen LogP contribution in [0.2, 0.25) is 0 Å². The van der Waals surface area contributed by atoms with Crippen LogP contribution in [0, 0.1) is 5.41 Å². The molecule has 4 saturated heterocycles. The molecule has 0 unspecified atom stereocenters. The van der Waals surface area contributed by atoms with Gasteiger partial charge in [-0.25, -0.2) is 0 Å². The maximum absolute atomic E-state index is 15.0. The van der Waals surface area contributed by atoms with Gasteiger partial charge in [0, 0.05) is 24.1 Å². The van der Waals surface area contributed by atoms with Gasteiger partial charge in [-0.05, 0) is 18.1 Å². The SMILES string of the molecule is C[C@H](O)[C@@H](NC(=O)[C@@]12C[C@H]3OC(=O)[C@@H]1N(Cc1cccc(C=CCO[C@H]4O[C@H](CO)[C@H](O)[C@H](O)[C@H]4O)c1)O[C@@H]2[C@H]1OC(c2ccccc2)(c2ccccc2)O[C@H]13)C(=O)NCCO. The zero-order chi connectivity index (χ0) is 43.8. The molecule has 18 heteroatoms. The fraction of sp³-hybridized carbons (Fsp3) is 0.477. The molecule has 3 aromatic carbocycles. The van der Waals surface area contributed by atoms with E-state index in [9.17, 15) is 45.0 Å². The van der Waals surface area contributed by atoms with E-state index in [1.54, 1.807) is 24.3 Å². The van der Waals surface area contributed by atoms with Crippen molar-refractivity contribution in [1.82, 2.24) is 15.7 Å². The van der Waals surface area contributed by atoms with Crippen LogP contribution in [0.4, 0.5) is 0 Å². The normalized spacial score (nSPS) is 33.4. The van der Waals surface area contributed by atoms with E-state index in [0.29, 0.717) is 22.3 Å². The number of aliphatic hydroxyl groups is 6. The summed E-state index contributed by atoms with van der Waals surface area (Å²) in [5.41, 5.74) is 0.970. The van der Waals surface area contributed by atoms with E-state index in [-0.39, 0.29) is 32.7 Å². The molecular formula is C44H51N3O15. The number of benzene rings is 3. The predicted molar refractivity (Wildman–Crippen MR) is 213 cm³/mol. The Balaban J connectivity index is 1.09. The first kappa shape index (κ1) is 44.0. The van der Waals surface area contributed by atoms with Crippen LogP contribution in [0.15, 0.2) is 91.0 Å². The number of esters is 1. The quantitative estimate of drug-likeness (QED) is 0.0851. The highest BCUT2D eigenvalue weighted by Gasteiger charge is 2.76. The fourth-order valence-electron chi connectivity index (χ4n) is 9.17. The zero-order valence-corrected chi connectivity index (χ0v) is 33.7. The number of ether oxygens (including phenoxy) is 5. The van der Waals surface area contributed by atoms with Gasteiger partial charge < -0.3 is 65.0 Å². The van der Waals surface area contributed by atoms with Crippen molar-refractivity contribution in [1.29, 1.82) is 0 Å². The minimum Gasteiger partial charge on any atom is -0.458 e. The molecule has 0 aromatic heterocycles. The summed E-state index contributed by atoms with van der Waals surface area (Å²) < 4.78 is 31.0. The van der Waals surface area contributed by atoms with Gasteiger partial charge in [-0.2, -0.15) is 5.06 Å². The van der Waals surface area contributed by atoms with Crippen LogP contribution in [0.3, 0.4) is 0 Å². The number of hydrogen-bond donors (Lipinski definition) is 8. The Morgan fingerprint density at radius 2 is 1.63 bits per heavy atom. The van der Waals surface area contributed by atoms with Gasteiger partial charge in [0.15, 0.2) is 12.3 Å². The Labute approximate surface area is 356 Å². The van der Waals surface area contributed by atoms with E-state index in [1.165, 1.54) is 12.0 Å². The van der Waals surface area contributed by atoms with Gasteiger partial charge in [0.1, 0.15) is 60.3 Å². The number of nitrogens with zero attached hydrogens (tertiary/aromatic N) is 1. The maximum atomic E-state index is 15.0. The van der Waals surface area contributed by atoms with Gasteiger partial charge in [-0.3, -0.25) is 19.2 Å². The summed E-state index contributed by atoms with van der Waals surface area (Å²) in [5.74, 6) is -3.72. The van der Waals surface area contributed by atoms with Gasteiger partial charge >= 0.3 is 5.97 Å². The maximum Gasteiger partial charge on any atom is 0.327 e. The second-order valence-electron chi connectivity index (χ2n) is 16.1. The molecule has 4 aliphatic heterocycles. The van der Waals surface area contributed by atoms with E-state index >= 15 is 0 Å². The smallest absolute Gasteiger partial charge is 0.327 e. The first-order valence-electron chi connectivity index (χ1n) is 20.6. The van der Waals surface area contributed by atoms with Crippen molar-refractivity contribution in [3.05, 3.63) is 113 Å². The van der Waals surface area contributed by atoms with Crippen LogP contribution in [0.1, 0.15) is 35.6 Å². The molecule has 332 valence electrons. The van der Waals surface area contributed by atoms with Crippen molar-refractivity contribution >= 4 is 23.9 Å². The average molecular weight is 862 g/mol. The lowest BCUT2D eigenvalue weighted by molar-refractivity contribution is -0.298. The monoisotopic (exact) mass is 861 g/mol. The van der Waals surface area contributed by atoms with E-state index in [4.69, 9.17) is 28.5 Å². The third-order valence-electron chi connectivity index (χ3n) is 12.2. The molecule has 8 rings (SSSR count). The summed E-state index contributed by atoms with van der Waals surface area (Å²) >= 11 is 0. The number of rotatable bonds is 15. The highest BCUT2D eigenvalue weighted by atomic mass is 16.8. The van der Waals surface area contributed by atoms with Crippen molar-refractivity contribution in [2.45, 2.75) is 99.0 Å². The molecule has 4 heterocycles. The van der Waals surface area contributed by atoms with E-state index in [1.807, 2.05) is 72.8 Å². The number of aliphatic hydroxyl groups excluding tert-OH is 6. The summed E-state index contributed by atoms with van der Waals surface area (Å²) in [6.07, 6.45) is -9.15. The largest absolute Gasteiger partial charge is 0.458 e. The van der Waals surface area contributed by atoms with Crippen molar-refractivity contribution < 1.29 is 73.5 Å². The van der Waals surface area contributed by atoms with Gasteiger partial charge in [-0.15, -0.1) is 0 Å². The van der Waals surface area contributed by atoms with Gasteiger partial charge in [0.05, 0.1) is 32.5 Å². The molecule has 13 atom stereocenters. The molecule has 0 radical (unpaired) electrons. The third kappa shape index (κ3) is 7.95. The topological polar surface area (TPSA) is 255 Å². The summed E-state index contributed by atoms with van der Waals surface area (Å²) in [7, 11) is 0. The second kappa shape index (κ2) is 18.2. The third-order valence-corrected chi connectivity index (χ3v) is 12.2. The van der Waals surface area contributed by atoms with Crippen LogP contribution in [0.25, 0.3) is 6.08 Å². The van der Waals surface area contributed by atoms with Crippen LogP contribution >= 0.6 is 0 Å². The molecule has 5 fully saturated rings. The number of amides is 2. The minimum absolute atomic E-state index is 0.0173. The summed E-state index contributed by atoms with van der Waals surface area (Å²) in [6, 6.07) is 23.0. The lowest BCUT2D eigenvalue weighted by Crippen LogP contribution is -2.71. The molecular weight excluding hydrogens is 810 g/mol. The number of nitrogens with one attached hydrogen (secondary N) is 2. The molecule has 18 nitrogen and oxygen atoms in total. The van der Waals surface area contributed by atoms with Crippen LogP contribution < -0.4 is 10.6 Å². The summed E-state index contributed by atoms with van der Waals surface area (Å²) in [6.45, 7) is 0.188. The lowest BCUT2D eigenvalue weighted by Gasteiger charge is -2.49. The standard InChI is InChI=1S/C44H51N3O15/c1-24(50)31(39(54)45-17-18-48)46-42(56)43-21-29-35-36(61-44(60-35,27-13-4-2-5-14-27)28-15-6-3-7-16-28)38(43)62-47(37(43)40(55)58-29)22-26-11-8-10-25(20-26)12-9-19-57-41-34(53)33(52)32(51)30(23-49)59-41/h2-16,20,24,29-38,41,48-53H,17-19,21-23H2,1H3,(H,45,54)(H,46,56)/t24-,29+,30+,31+,32-,33-,34+,35-,36-,37-,38+,41-,43-/m0/s1. The molecule has 5 aliphatic rings. The number of carbonyl (C=O) groups excluding carboxylic acids is 3. The highest BCUT2D eigenvalue weighted by Crippen LogP contribution is 2.59. The van der Waals surface area contributed by atoms with Crippen molar-refractivity contribution in [3.63, 3.8) is 0 Å². The molecule has 2 bridgehead atoms. The fourth-order valence-corrected chi connectivity index (χ4v) is 9.17. The Kier molecular flexibility index (Phi) is 12.9. The molecule has 1 saturated carbocycles. The van der Waals surface area contributed by atoms with Crippen LogP contribution in [-0.4, -0.2) is 153 Å². The Morgan fingerprint density at radius 3 is 2.29 bits per heavy atom. The molecule has 0 spiro atoms. The molecule has 2 amide bonds. The summed E-state index contributed by atoms with van der Waals surface area (Å²) in [5, 5.41) is 66.6. The van der Waals surface area contributed by atoms with E-state index in [2.05, 4.69) is 10.6 Å². The summed E-state index contributed by atoms with van der Waals surface area (Å²) in [4.78, 5) is 49.3. The number of fused-ring (bicyclic) bond motifs is 4. The van der Waals surface area contributed by atoms with Gasteiger partial charge in [0.2, 0.25) is 17.6 Å². The molecule has 1 aliphatic carbocycles. The van der Waals surface area contributed by atoms with E-state index < -0.39 is 109 Å². The minimum atomic E-state index is -1.71. The van der Waals surface area contributed by atoms with Crippen LogP contribution in [0.5, 0.6) is 0 Å². The number of hydrogen-bond acceptors (Lipinski definition) is 16. The van der Waals surface area contributed by atoms with Crippen molar-refractivity contribution in [2.75, 3.05) is 26.4 Å². The first-order chi connectivity index (χ1) is 29.9. The van der Waals surface area contributed by atoms with Crippen molar-refractivity contribution in [2.24, 2.45) is 5.41 Å². The Hall–Kier alpha value is -4.67. The first-order valence-corrected chi connectivity index (χ1v) is 20.6. The number of hydroxylamine groups is 2. The van der Waals surface area contributed by atoms with Crippen molar-refractivity contribution in [3.8, 4) is 0 Å². The van der Waals surface area contributed by atoms with Gasteiger partial charge in [-0.1, -0.05) is 97.1 Å².